The van der Waals surface area contributed by atoms with E-state index in [1.165, 1.54) is 0 Å². The van der Waals surface area contributed by atoms with Crippen LogP contribution in [0.1, 0.15) is 360 Å². The zero-order valence-corrected chi connectivity index (χ0v) is 82.9. The van der Waals surface area contributed by atoms with Gasteiger partial charge in [-0.05, 0) is 180 Å². The summed E-state index contributed by atoms with van der Waals surface area (Å²) in [7, 11) is -70.2. The Labute approximate surface area is 683 Å². The van der Waals surface area contributed by atoms with Crippen LogP contribution in [0.4, 0.5) is 0 Å². The fraction of sp³-hybridized carbons (Fsp3) is 1.00. The van der Waals surface area contributed by atoms with Gasteiger partial charge >= 0.3 is 141 Å². The summed E-state index contributed by atoms with van der Waals surface area (Å²) in [6.45, 7) is 0. The summed E-state index contributed by atoms with van der Waals surface area (Å²) in [5.41, 5.74) is -1.35. The molecule has 0 amide bonds. The van der Waals surface area contributed by atoms with Gasteiger partial charge in [0.1, 0.15) is 0 Å². The molecule has 0 aromatic heterocycles. The van der Waals surface area contributed by atoms with E-state index >= 15 is 0 Å². The first kappa shape index (κ1) is 78.0. The summed E-state index contributed by atoms with van der Waals surface area (Å²) in [4.78, 5) is 0. The molecule has 0 aromatic carbocycles. The lowest BCUT2D eigenvalue weighted by atomic mass is 10.4. The molecule has 14 aliphatic carbocycles. The summed E-state index contributed by atoms with van der Waals surface area (Å²) in [5, 5.41) is 0. The molecule has 14 saturated carbocycles. The number of hydrogen-bond acceptors (Lipinski definition) is 24. The van der Waals surface area contributed by atoms with Crippen molar-refractivity contribution in [2.75, 3.05) is 0 Å². The summed E-state index contributed by atoms with van der Waals surface area (Å²) in [5.74, 6) is 0. The molecule has 24 nitrogen and oxygen atoms in total. The smallest absolute Gasteiger partial charge is 0.373 e. The maximum absolute atomic E-state index is 9.28. The lowest BCUT2D eigenvalue weighted by molar-refractivity contribution is -0.0529. The van der Waals surface area contributed by atoms with Gasteiger partial charge < -0.3 is 98.8 Å². The largest absolute Gasteiger partial charge is 0.482 e. The second-order valence-corrected chi connectivity index (χ2v) is 92.2. The highest BCUT2D eigenvalue weighted by molar-refractivity contribution is 7.07. The first-order valence-electron chi connectivity index (χ1n) is 47.5. The molecule has 12 saturated heterocycles. The number of hydrogen-bond donors (Lipinski definition) is 0. The van der Waals surface area contributed by atoms with Gasteiger partial charge in [-0.2, -0.15) is 0 Å². The Morgan fingerprint density at radius 1 is 0.107 bits per heavy atom. The van der Waals surface area contributed by atoms with Crippen LogP contribution in [-0.2, 0) is 98.8 Å². The van der Waals surface area contributed by atoms with Gasteiger partial charge in [0.2, 0.25) is 0 Å². The molecule has 16 bridgehead atoms. The molecule has 40 heteroatoms. The highest BCUT2D eigenvalue weighted by Crippen LogP contribution is 2.71. The minimum Gasteiger partial charge on any atom is -0.373 e. The van der Waals surface area contributed by atoms with E-state index < -0.39 is 141 Å². The summed E-state index contributed by atoms with van der Waals surface area (Å²) in [6.07, 6.45) is 54.0. The maximum Gasteiger partial charge on any atom is 0.482 e. The van der Waals surface area contributed by atoms with Crippen molar-refractivity contribution in [1.82, 2.24) is 0 Å². The van der Waals surface area contributed by atoms with E-state index in [9.17, 15) is 24.7 Å². The average molecular weight is 1830 g/mol. The van der Waals surface area contributed by atoms with Crippen molar-refractivity contribution in [2.45, 2.75) is 449 Å². The van der Waals surface area contributed by atoms with Crippen molar-refractivity contribution >= 4 is 141 Å². The van der Waals surface area contributed by atoms with E-state index in [0.29, 0.717) is 0 Å². The fourth-order valence-corrected chi connectivity index (χ4v) is 141. The Bertz CT molecular complexity index is 2880. The van der Waals surface area contributed by atoms with E-state index in [-0.39, 0.29) is 89.7 Å². The van der Waals surface area contributed by atoms with Crippen molar-refractivity contribution in [3.8, 4) is 0 Å². The molecular weight excluding hydrogens is 1700 g/mol. The Morgan fingerprint density at radius 3 is 0.259 bits per heavy atom. The van der Waals surface area contributed by atoms with Gasteiger partial charge in [-0.25, -0.2) is 0 Å². The summed E-state index contributed by atoms with van der Waals surface area (Å²) < 4.78 is 218. The Morgan fingerprint density at radius 2 is 0.179 bits per heavy atom. The second kappa shape index (κ2) is 29.0. The van der Waals surface area contributed by atoms with Crippen molar-refractivity contribution < 1.29 is 98.8 Å². The molecule has 0 atom stereocenters. The topological polar surface area (TPSA) is 222 Å². The van der Waals surface area contributed by atoms with E-state index in [0.717, 1.165) is 360 Å². The van der Waals surface area contributed by atoms with Crippen LogP contribution in [0.15, 0.2) is 0 Å². The maximum atomic E-state index is 9.28. The third kappa shape index (κ3) is 12.4. The van der Waals surface area contributed by atoms with Crippen molar-refractivity contribution in [3.05, 3.63) is 0 Å². The molecule has 12 aliphatic heterocycles. The van der Waals surface area contributed by atoms with Crippen LogP contribution < -0.4 is 0 Å². The molecule has 26 aliphatic rings. The van der Waals surface area contributed by atoms with Gasteiger partial charge in [-0.15, -0.1) is 0 Å². The zero-order chi connectivity index (χ0) is 74.1. The molecule has 112 heavy (non-hydrogen) atoms. The van der Waals surface area contributed by atoms with Crippen LogP contribution >= 0.6 is 0 Å². The Hall–Kier alpha value is 2.51. The minimum absolute atomic E-state index is 0.0252. The SMILES string of the molecule is C1CCC([Si]23O[Si]4(CC[Si]56O[Si]7(C8CCCC8)O[Si]8(C9CCCC9)O[Si](C9CCCC9)(O5)O[Si]5(C9CCCC9)O[Si](C9CCCC9)(O6)O[Si](C6CCCC6)(O7)O[Si](C6CCCC6)(O8)O5)O[Si]5(C6CCCC6)O[Si](C6CCCC6)(O2)O[Si]2(C6CCCC6)O[Si](C6CCCC6)(O3)O[Si](C3CCCC3)(O4)O[Si](C3CCCC3)(O5)O2)C1. The van der Waals surface area contributed by atoms with Gasteiger partial charge in [0, 0.05) is 89.7 Å². The van der Waals surface area contributed by atoms with E-state index in [2.05, 4.69) is 0 Å². The van der Waals surface area contributed by atoms with E-state index in [4.69, 9.17) is 74.1 Å². The van der Waals surface area contributed by atoms with Crippen LogP contribution in [0.3, 0.4) is 0 Å². The van der Waals surface area contributed by atoms with Crippen molar-refractivity contribution in [2.24, 2.45) is 0 Å². The fourth-order valence-electron chi connectivity index (χ4n) is 27.9. The third-order valence-electron chi connectivity index (χ3n) is 33.6. The predicted molar refractivity (Wildman–Crippen MR) is 439 cm³/mol. The standard InChI is InChI=1S/C72H130O24Si16/c1-2-30-59(29-1)99-73-97(74-100(60-31-3-4-32-60)81-105(79-99,65-41-13-14-42-65)91-111(71-53-25-26-54-71)92-106(80-99,66-43-15-16-44-66)82-101(75-97,61-33-5-6-34-61)84-107(83-100,93-111)67-45-17-18-46-67)57-58-98-76-102(62-35-7-8-36-62)85-108(68-47-19-20-48-68)87-103(77-98,63-37-9-10-38-63)89-110(70-51-23-24-52-70)90-104(78-98,64-39-11-12-40-64)88-109(86-102,69-49-21-22-50-69)95-112(94-108,96-110)72-55-27-28-56-72/h59-72H,1-58H2. The molecule has 26 rings (SSSR count). The third-order valence-corrected chi connectivity index (χ3v) is 113. The van der Waals surface area contributed by atoms with Gasteiger partial charge in [-0.3, -0.25) is 0 Å². The van der Waals surface area contributed by atoms with Crippen LogP contribution in [0.25, 0.3) is 0 Å². The second-order valence-electron chi connectivity index (χ2n) is 40.5. The first-order valence-corrected chi connectivity index (χ1v) is 76.6. The monoisotopic (exact) mass is 1830 g/mol. The Kier molecular flexibility index (Phi) is 20.2. The zero-order valence-electron chi connectivity index (χ0n) is 66.9. The van der Waals surface area contributed by atoms with E-state index in [1.54, 1.807) is 0 Å². The van der Waals surface area contributed by atoms with Crippen LogP contribution in [0, 0.1) is 0 Å². The van der Waals surface area contributed by atoms with Crippen LogP contribution in [0.2, 0.25) is 89.7 Å². The normalized spacial score (nSPS) is 51.5. The number of rotatable bonds is 17. The first-order chi connectivity index (χ1) is 54.7. The minimum atomic E-state index is -4.80. The van der Waals surface area contributed by atoms with Gasteiger partial charge in [-0.1, -0.05) is 180 Å². The van der Waals surface area contributed by atoms with Gasteiger partial charge in [0.05, 0.1) is 0 Å². The average Bonchev–Trinajstić information content (AvgIpc) is 1.31. The highest BCUT2D eigenvalue weighted by Gasteiger charge is 2.93. The molecule has 12 heterocycles. The molecule has 0 unspecified atom stereocenters. The molecule has 626 valence electrons. The summed E-state index contributed by atoms with van der Waals surface area (Å²) >= 11 is 0. The Balaban J connectivity index is 0.769. The predicted octanol–water partition coefficient (Wildman–Crippen LogP) is 19.8. The molecule has 0 N–H and O–H groups in total. The van der Waals surface area contributed by atoms with Gasteiger partial charge in [0.25, 0.3) is 0 Å². The van der Waals surface area contributed by atoms with Crippen molar-refractivity contribution in [3.63, 3.8) is 0 Å². The molecular formula is C72H130O24Si16. The van der Waals surface area contributed by atoms with Crippen LogP contribution in [-0.4, -0.2) is 141 Å². The summed E-state index contributed by atoms with van der Waals surface area (Å²) in [6, 6.07) is 0.324. The van der Waals surface area contributed by atoms with Gasteiger partial charge in [0.15, 0.2) is 0 Å². The molecule has 26 fully saturated rings. The quantitative estimate of drug-likeness (QED) is 0.123. The lowest BCUT2D eigenvalue weighted by Crippen LogP contribution is -2.91. The molecule has 0 radical (unpaired) electrons. The lowest BCUT2D eigenvalue weighted by Gasteiger charge is -2.67. The highest BCUT2D eigenvalue weighted by atomic mass is 28.6. The van der Waals surface area contributed by atoms with Crippen LogP contribution in [0.5, 0.6) is 0 Å². The van der Waals surface area contributed by atoms with Crippen molar-refractivity contribution in [1.29, 1.82) is 0 Å². The molecule has 0 spiro atoms. The molecule has 0 aromatic rings. The van der Waals surface area contributed by atoms with E-state index in [1.807, 2.05) is 0 Å².